The van der Waals surface area contributed by atoms with Crippen molar-refractivity contribution < 1.29 is 22.8 Å². The number of aryl methyl sites for hydroxylation is 1. The van der Waals surface area contributed by atoms with Gasteiger partial charge in [-0.3, -0.25) is 4.79 Å². The summed E-state index contributed by atoms with van der Waals surface area (Å²) in [6, 6.07) is 1.52. The molecule has 1 aromatic heterocycles. The molecule has 0 amide bonds. The van der Waals surface area contributed by atoms with E-state index in [9.17, 15) is 13.2 Å². The van der Waals surface area contributed by atoms with Gasteiger partial charge in [-0.25, -0.2) is 13.1 Å². The SMILES string of the molecule is CCC(C)(CNS(=O)(=O)Cc1cc(C)on1)C(=O)O. The zero-order valence-corrected chi connectivity index (χ0v) is 12.0. The molecule has 1 unspecified atom stereocenters. The first kappa shape index (κ1) is 15.6. The Bertz CT molecular complexity index is 551. The Morgan fingerprint density at radius 2 is 2.21 bits per heavy atom. The second-order valence-corrected chi connectivity index (χ2v) is 6.54. The lowest BCUT2D eigenvalue weighted by Gasteiger charge is -2.22. The zero-order chi connectivity index (χ0) is 14.7. The lowest BCUT2D eigenvalue weighted by atomic mass is 9.88. The molecule has 1 atom stereocenters. The molecule has 0 spiro atoms. The fraction of sp³-hybridized carbons (Fsp3) is 0.636. The standard InChI is InChI=1S/C11H18N2O5S/c1-4-11(3,10(14)15)7-12-19(16,17)6-9-5-8(2)18-13-9/h5,12H,4,6-7H2,1-3H3,(H,14,15). The van der Waals surface area contributed by atoms with Crippen LogP contribution in [0.3, 0.4) is 0 Å². The number of nitrogens with one attached hydrogen (secondary N) is 1. The molecule has 0 aliphatic carbocycles. The van der Waals surface area contributed by atoms with Crippen LogP contribution in [0.5, 0.6) is 0 Å². The summed E-state index contributed by atoms with van der Waals surface area (Å²) in [7, 11) is -3.63. The smallest absolute Gasteiger partial charge is 0.310 e. The molecular formula is C11H18N2O5S. The average Bonchev–Trinajstić information content (AvgIpc) is 2.70. The Balaban J connectivity index is 2.68. The van der Waals surface area contributed by atoms with Crippen LogP contribution in [0.1, 0.15) is 31.7 Å². The van der Waals surface area contributed by atoms with Crippen molar-refractivity contribution in [2.45, 2.75) is 32.9 Å². The number of hydrogen-bond donors (Lipinski definition) is 2. The number of carboxylic acid groups (broad SMARTS) is 1. The van der Waals surface area contributed by atoms with Crippen molar-refractivity contribution >= 4 is 16.0 Å². The maximum Gasteiger partial charge on any atom is 0.310 e. The third kappa shape index (κ3) is 4.32. The maximum absolute atomic E-state index is 11.8. The third-order valence-electron chi connectivity index (χ3n) is 2.99. The largest absolute Gasteiger partial charge is 0.481 e. The molecule has 8 heteroatoms. The van der Waals surface area contributed by atoms with Crippen molar-refractivity contribution in [1.29, 1.82) is 0 Å². The van der Waals surface area contributed by atoms with Crippen LogP contribution in [0.25, 0.3) is 0 Å². The predicted molar refractivity (Wildman–Crippen MR) is 67.9 cm³/mol. The van der Waals surface area contributed by atoms with Gasteiger partial charge in [-0.1, -0.05) is 12.1 Å². The summed E-state index contributed by atoms with van der Waals surface area (Å²) in [4.78, 5) is 11.1. The van der Waals surface area contributed by atoms with Gasteiger partial charge in [0, 0.05) is 12.6 Å². The molecule has 7 nitrogen and oxygen atoms in total. The number of rotatable bonds is 7. The van der Waals surface area contributed by atoms with Gasteiger partial charge in [0.15, 0.2) is 0 Å². The molecule has 0 saturated carbocycles. The third-order valence-corrected chi connectivity index (χ3v) is 4.25. The van der Waals surface area contributed by atoms with Gasteiger partial charge in [0.1, 0.15) is 17.2 Å². The summed E-state index contributed by atoms with van der Waals surface area (Å²) >= 11 is 0. The van der Waals surface area contributed by atoms with E-state index in [2.05, 4.69) is 9.88 Å². The van der Waals surface area contributed by atoms with E-state index < -0.39 is 21.4 Å². The molecule has 19 heavy (non-hydrogen) atoms. The fourth-order valence-corrected chi connectivity index (χ4v) is 2.52. The Morgan fingerprint density at radius 3 is 2.63 bits per heavy atom. The summed E-state index contributed by atoms with van der Waals surface area (Å²) in [6.07, 6.45) is 0.327. The molecule has 0 aliphatic rings. The van der Waals surface area contributed by atoms with Gasteiger partial charge in [0.05, 0.1) is 5.41 Å². The number of nitrogens with zero attached hydrogens (tertiary/aromatic N) is 1. The lowest BCUT2D eigenvalue weighted by molar-refractivity contribution is -0.147. The molecule has 0 fully saturated rings. The Labute approximate surface area is 112 Å². The minimum absolute atomic E-state index is 0.155. The van der Waals surface area contributed by atoms with Crippen LogP contribution >= 0.6 is 0 Å². The second-order valence-electron chi connectivity index (χ2n) is 4.73. The highest BCUT2D eigenvalue weighted by atomic mass is 32.2. The maximum atomic E-state index is 11.8. The topological polar surface area (TPSA) is 110 Å². The van der Waals surface area contributed by atoms with Gasteiger partial charge in [-0.15, -0.1) is 0 Å². The van der Waals surface area contributed by atoms with Crippen LogP contribution in [0.15, 0.2) is 10.6 Å². The highest BCUT2D eigenvalue weighted by Gasteiger charge is 2.32. The Hall–Kier alpha value is -1.41. The van der Waals surface area contributed by atoms with Crippen molar-refractivity contribution in [2.24, 2.45) is 5.41 Å². The van der Waals surface area contributed by atoms with E-state index in [0.717, 1.165) is 0 Å². The molecule has 1 aromatic rings. The van der Waals surface area contributed by atoms with Crippen LogP contribution in [0.4, 0.5) is 0 Å². The van der Waals surface area contributed by atoms with Crippen LogP contribution in [0, 0.1) is 12.3 Å². The molecule has 1 rings (SSSR count). The molecule has 1 heterocycles. The Morgan fingerprint density at radius 1 is 1.58 bits per heavy atom. The highest BCUT2D eigenvalue weighted by molar-refractivity contribution is 7.88. The van der Waals surface area contributed by atoms with E-state index >= 15 is 0 Å². The average molecular weight is 290 g/mol. The minimum atomic E-state index is -3.63. The minimum Gasteiger partial charge on any atom is -0.481 e. The number of aliphatic carboxylic acids is 1. The van der Waals surface area contributed by atoms with Gasteiger partial charge in [0.2, 0.25) is 10.0 Å². The normalized spacial score (nSPS) is 15.1. The van der Waals surface area contributed by atoms with Crippen molar-refractivity contribution in [3.05, 3.63) is 17.5 Å². The predicted octanol–water partition coefficient (Wildman–Crippen LogP) is 0.903. The lowest BCUT2D eigenvalue weighted by Crippen LogP contribution is -2.41. The van der Waals surface area contributed by atoms with E-state index in [4.69, 9.17) is 9.63 Å². The highest BCUT2D eigenvalue weighted by Crippen LogP contribution is 2.20. The van der Waals surface area contributed by atoms with Gasteiger partial charge in [-0.2, -0.15) is 0 Å². The van der Waals surface area contributed by atoms with Crippen LogP contribution in [-0.4, -0.2) is 31.2 Å². The van der Waals surface area contributed by atoms with Crippen molar-refractivity contribution in [2.75, 3.05) is 6.54 Å². The molecule has 108 valence electrons. The molecular weight excluding hydrogens is 272 g/mol. The molecule has 0 aromatic carbocycles. The first-order valence-corrected chi connectivity index (χ1v) is 7.47. The quantitative estimate of drug-likeness (QED) is 0.772. The summed E-state index contributed by atoms with van der Waals surface area (Å²) in [5, 5.41) is 12.7. The molecule has 0 saturated heterocycles. The number of carboxylic acids is 1. The van der Waals surface area contributed by atoms with Crippen molar-refractivity contribution in [3.63, 3.8) is 0 Å². The van der Waals surface area contributed by atoms with E-state index in [1.54, 1.807) is 13.8 Å². The summed E-state index contributed by atoms with van der Waals surface area (Å²) in [6.45, 7) is 4.70. The van der Waals surface area contributed by atoms with E-state index in [0.29, 0.717) is 17.9 Å². The molecule has 0 aliphatic heterocycles. The second kappa shape index (κ2) is 5.70. The number of sulfonamides is 1. The monoisotopic (exact) mass is 290 g/mol. The summed E-state index contributed by atoms with van der Waals surface area (Å²) in [5.41, 5.74) is -0.828. The number of hydrogen-bond acceptors (Lipinski definition) is 5. The fourth-order valence-electron chi connectivity index (χ4n) is 1.35. The summed E-state index contributed by atoms with van der Waals surface area (Å²) in [5.74, 6) is -0.840. The van der Waals surface area contributed by atoms with Gasteiger partial charge >= 0.3 is 5.97 Å². The van der Waals surface area contributed by atoms with Crippen molar-refractivity contribution in [3.8, 4) is 0 Å². The summed E-state index contributed by atoms with van der Waals surface area (Å²) < 4.78 is 30.7. The van der Waals surface area contributed by atoms with Crippen LogP contribution in [-0.2, 0) is 20.6 Å². The molecule has 0 radical (unpaired) electrons. The van der Waals surface area contributed by atoms with Gasteiger partial charge in [0.25, 0.3) is 0 Å². The van der Waals surface area contributed by atoms with Crippen LogP contribution < -0.4 is 4.72 Å². The molecule has 0 bridgehead atoms. The number of carbonyl (C=O) groups is 1. The van der Waals surface area contributed by atoms with Crippen molar-refractivity contribution in [1.82, 2.24) is 9.88 Å². The molecule has 2 N–H and O–H groups in total. The van der Waals surface area contributed by atoms with Crippen LogP contribution in [0.2, 0.25) is 0 Å². The van der Waals surface area contributed by atoms with E-state index in [1.165, 1.54) is 13.0 Å². The van der Waals surface area contributed by atoms with Gasteiger partial charge < -0.3 is 9.63 Å². The number of aromatic nitrogens is 1. The first-order chi connectivity index (χ1) is 8.68. The first-order valence-electron chi connectivity index (χ1n) is 5.81. The van der Waals surface area contributed by atoms with E-state index in [1.807, 2.05) is 0 Å². The zero-order valence-electron chi connectivity index (χ0n) is 11.1. The van der Waals surface area contributed by atoms with Gasteiger partial charge in [-0.05, 0) is 20.3 Å². The van der Waals surface area contributed by atoms with E-state index in [-0.39, 0.29) is 12.3 Å². The Kier molecular flexibility index (Phi) is 4.70.